The number of hydrogen-bond acceptors (Lipinski definition) is 2. The standard InChI is InChI=1S/C15H21BrN2O/c1-2-15(8-3-4-9-15)10-18-14(19)11-6-5-7-12(17)13(11)16/h5-7H,2-4,8-10,17H2,1H3,(H,18,19). The summed E-state index contributed by atoms with van der Waals surface area (Å²) in [5.41, 5.74) is 7.32. The van der Waals surface area contributed by atoms with Gasteiger partial charge in [-0.25, -0.2) is 0 Å². The average molecular weight is 325 g/mol. The normalized spacial score (nSPS) is 17.4. The van der Waals surface area contributed by atoms with E-state index in [1.54, 1.807) is 18.2 Å². The van der Waals surface area contributed by atoms with E-state index in [1.165, 1.54) is 25.7 Å². The molecule has 1 aliphatic rings. The zero-order valence-corrected chi connectivity index (χ0v) is 12.9. The van der Waals surface area contributed by atoms with Gasteiger partial charge in [0.05, 0.1) is 10.0 Å². The van der Waals surface area contributed by atoms with Gasteiger partial charge in [0.15, 0.2) is 0 Å². The Morgan fingerprint density at radius 1 is 1.42 bits per heavy atom. The van der Waals surface area contributed by atoms with Crippen LogP contribution in [0.25, 0.3) is 0 Å². The lowest BCUT2D eigenvalue weighted by atomic mass is 9.83. The van der Waals surface area contributed by atoms with Crippen molar-refractivity contribution < 1.29 is 4.79 Å². The molecule has 0 spiro atoms. The number of nitrogens with one attached hydrogen (secondary N) is 1. The van der Waals surface area contributed by atoms with E-state index in [0.717, 1.165) is 13.0 Å². The number of nitrogen functional groups attached to an aromatic ring is 1. The number of hydrogen-bond donors (Lipinski definition) is 2. The predicted octanol–water partition coefficient (Wildman–Crippen LogP) is 3.73. The molecule has 1 saturated carbocycles. The Kier molecular flexibility index (Phi) is 4.50. The highest BCUT2D eigenvalue weighted by Gasteiger charge is 2.32. The Morgan fingerprint density at radius 2 is 2.11 bits per heavy atom. The van der Waals surface area contributed by atoms with Gasteiger partial charge in [-0.3, -0.25) is 4.79 Å². The van der Waals surface area contributed by atoms with E-state index >= 15 is 0 Å². The molecule has 0 unspecified atom stereocenters. The molecule has 0 aliphatic heterocycles. The third-order valence-corrected chi connectivity index (χ3v) is 5.20. The molecule has 104 valence electrons. The van der Waals surface area contributed by atoms with Crippen molar-refractivity contribution in [2.75, 3.05) is 12.3 Å². The van der Waals surface area contributed by atoms with Crippen molar-refractivity contribution in [1.82, 2.24) is 5.32 Å². The lowest BCUT2D eigenvalue weighted by molar-refractivity contribution is 0.0928. The number of carbonyl (C=O) groups is 1. The maximum atomic E-state index is 12.2. The Balaban J connectivity index is 2.03. The number of rotatable bonds is 4. The summed E-state index contributed by atoms with van der Waals surface area (Å²) in [4.78, 5) is 12.2. The molecule has 1 amide bonds. The van der Waals surface area contributed by atoms with Crippen molar-refractivity contribution in [3.8, 4) is 0 Å². The van der Waals surface area contributed by atoms with Gasteiger partial charge in [-0.05, 0) is 52.7 Å². The third-order valence-electron chi connectivity index (χ3n) is 4.31. The smallest absolute Gasteiger partial charge is 0.252 e. The van der Waals surface area contributed by atoms with E-state index < -0.39 is 0 Å². The van der Waals surface area contributed by atoms with Crippen LogP contribution < -0.4 is 11.1 Å². The summed E-state index contributed by atoms with van der Waals surface area (Å²) in [5, 5.41) is 3.08. The maximum Gasteiger partial charge on any atom is 0.252 e. The van der Waals surface area contributed by atoms with Crippen LogP contribution in [0.5, 0.6) is 0 Å². The van der Waals surface area contributed by atoms with Crippen LogP contribution in [0.3, 0.4) is 0 Å². The molecule has 0 radical (unpaired) electrons. The molecule has 3 nitrogen and oxygen atoms in total. The topological polar surface area (TPSA) is 55.1 Å². The summed E-state index contributed by atoms with van der Waals surface area (Å²) < 4.78 is 0.685. The summed E-state index contributed by atoms with van der Waals surface area (Å²) in [5.74, 6) is -0.0427. The fourth-order valence-corrected chi connectivity index (χ4v) is 3.31. The first-order valence-electron chi connectivity index (χ1n) is 6.90. The van der Waals surface area contributed by atoms with Crippen molar-refractivity contribution in [2.24, 2.45) is 5.41 Å². The van der Waals surface area contributed by atoms with Crippen molar-refractivity contribution in [3.63, 3.8) is 0 Å². The Morgan fingerprint density at radius 3 is 2.74 bits per heavy atom. The van der Waals surface area contributed by atoms with Crippen LogP contribution in [-0.2, 0) is 0 Å². The van der Waals surface area contributed by atoms with Gasteiger partial charge in [-0.15, -0.1) is 0 Å². The zero-order valence-electron chi connectivity index (χ0n) is 11.3. The van der Waals surface area contributed by atoms with Gasteiger partial charge in [0.2, 0.25) is 0 Å². The molecule has 3 N–H and O–H groups in total. The molecule has 0 heterocycles. The summed E-state index contributed by atoms with van der Waals surface area (Å²) in [6.45, 7) is 2.98. The fraction of sp³-hybridized carbons (Fsp3) is 0.533. The molecule has 2 rings (SSSR count). The molecule has 0 aromatic heterocycles. The number of halogens is 1. The van der Waals surface area contributed by atoms with Gasteiger partial charge < -0.3 is 11.1 Å². The van der Waals surface area contributed by atoms with Crippen LogP contribution in [0, 0.1) is 5.41 Å². The van der Waals surface area contributed by atoms with Gasteiger partial charge in [0.25, 0.3) is 5.91 Å². The maximum absolute atomic E-state index is 12.2. The highest BCUT2D eigenvalue weighted by molar-refractivity contribution is 9.10. The van der Waals surface area contributed by atoms with Crippen LogP contribution in [0.2, 0.25) is 0 Å². The molecule has 19 heavy (non-hydrogen) atoms. The molecular formula is C15H21BrN2O. The van der Waals surface area contributed by atoms with Crippen LogP contribution in [0.15, 0.2) is 22.7 Å². The van der Waals surface area contributed by atoms with Crippen molar-refractivity contribution >= 4 is 27.5 Å². The predicted molar refractivity (Wildman–Crippen MR) is 82.1 cm³/mol. The zero-order chi connectivity index (χ0) is 13.9. The number of nitrogens with two attached hydrogens (primary N) is 1. The Bertz CT molecular complexity index is 467. The second-order valence-corrected chi connectivity index (χ2v) is 6.25. The van der Waals surface area contributed by atoms with Crippen LogP contribution in [0.1, 0.15) is 49.4 Å². The fourth-order valence-electron chi connectivity index (χ4n) is 2.87. The van der Waals surface area contributed by atoms with Gasteiger partial charge >= 0.3 is 0 Å². The van der Waals surface area contributed by atoms with Gasteiger partial charge in [-0.1, -0.05) is 25.8 Å². The first kappa shape index (κ1) is 14.4. The molecule has 1 aromatic carbocycles. The average Bonchev–Trinajstić information content (AvgIpc) is 2.89. The molecule has 0 atom stereocenters. The molecular weight excluding hydrogens is 304 g/mol. The second-order valence-electron chi connectivity index (χ2n) is 5.45. The molecule has 1 aliphatic carbocycles. The summed E-state index contributed by atoms with van der Waals surface area (Å²) in [6, 6.07) is 5.38. The summed E-state index contributed by atoms with van der Waals surface area (Å²) >= 11 is 3.38. The molecule has 0 bridgehead atoms. The summed E-state index contributed by atoms with van der Waals surface area (Å²) in [6.07, 6.45) is 6.15. The largest absolute Gasteiger partial charge is 0.398 e. The third kappa shape index (κ3) is 3.11. The van der Waals surface area contributed by atoms with Crippen molar-refractivity contribution in [1.29, 1.82) is 0 Å². The van der Waals surface area contributed by atoms with E-state index in [4.69, 9.17) is 5.73 Å². The first-order valence-corrected chi connectivity index (χ1v) is 7.69. The molecule has 0 saturated heterocycles. The number of anilines is 1. The van der Waals surface area contributed by atoms with Crippen molar-refractivity contribution in [3.05, 3.63) is 28.2 Å². The lowest BCUT2D eigenvalue weighted by Crippen LogP contribution is -2.35. The molecule has 4 heteroatoms. The van der Waals surface area contributed by atoms with E-state index in [0.29, 0.717) is 21.1 Å². The van der Waals surface area contributed by atoms with E-state index in [9.17, 15) is 4.79 Å². The minimum Gasteiger partial charge on any atom is -0.398 e. The summed E-state index contributed by atoms with van der Waals surface area (Å²) in [7, 11) is 0. The number of amides is 1. The van der Waals surface area contributed by atoms with E-state index in [2.05, 4.69) is 28.2 Å². The van der Waals surface area contributed by atoms with Crippen LogP contribution in [0.4, 0.5) is 5.69 Å². The number of benzene rings is 1. The quantitative estimate of drug-likeness (QED) is 0.829. The minimum absolute atomic E-state index is 0.0427. The van der Waals surface area contributed by atoms with Gasteiger partial charge in [-0.2, -0.15) is 0 Å². The Labute approximate surface area is 123 Å². The van der Waals surface area contributed by atoms with E-state index in [-0.39, 0.29) is 5.91 Å². The monoisotopic (exact) mass is 324 g/mol. The lowest BCUT2D eigenvalue weighted by Gasteiger charge is -2.27. The van der Waals surface area contributed by atoms with Crippen LogP contribution in [-0.4, -0.2) is 12.5 Å². The highest BCUT2D eigenvalue weighted by atomic mass is 79.9. The SMILES string of the molecule is CCC1(CNC(=O)c2cccc(N)c2Br)CCCC1. The molecule has 1 fully saturated rings. The second kappa shape index (κ2) is 5.95. The molecule has 1 aromatic rings. The minimum atomic E-state index is -0.0427. The van der Waals surface area contributed by atoms with Gasteiger partial charge in [0, 0.05) is 12.2 Å². The Hall–Kier alpha value is -1.03. The first-order chi connectivity index (χ1) is 9.08. The van der Waals surface area contributed by atoms with Crippen LogP contribution >= 0.6 is 15.9 Å². The van der Waals surface area contributed by atoms with Crippen molar-refractivity contribution in [2.45, 2.75) is 39.0 Å². The highest BCUT2D eigenvalue weighted by Crippen LogP contribution is 2.40. The number of carbonyl (C=O) groups excluding carboxylic acids is 1. The van der Waals surface area contributed by atoms with E-state index in [1.807, 2.05) is 0 Å². The van der Waals surface area contributed by atoms with Gasteiger partial charge in [0.1, 0.15) is 0 Å².